The Hall–Kier alpha value is -2.12. The number of aromatic amines is 1. The summed E-state index contributed by atoms with van der Waals surface area (Å²) in [6.07, 6.45) is 6.71. The van der Waals surface area contributed by atoms with Crippen LogP contribution in [0.15, 0.2) is 24.8 Å². The van der Waals surface area contributed by atoms with Crippen LogP contribution in [0.3, 0.4) is 0 Å². The fourth-order valence-corrected chi connectivity index (χ4v) is 2.82. The van der Waals surface area contributed by atoms with Gasteiger partial charge in [0, 0.05) is 49.9 Å². The second-order valence-corrected chi connectivity index (χ2v) is 5.65. The molecule has 0 aliphatic carbocycles. The van der Waals surface area contributed by atoms with Gasteiger partial charge in [0.15, 0.2) is 0 Å². The van der Waals surface area contributed by atoms with Crippen LogP contribution in [0.5, 0.6) is 0 Å². The highest BCUT2D eigenvalue weighted by atomic mass is 16.5. The first-order valence-corrected chi connectivity index (χ1v) is 7.30. The zero-order valence-corrected chi connectivity index (χ0v) is 12.7. The topological polar surface area (TPSA) is 83.4 Å². The molecular formula is C15H20N4O3. The van der Waals surface area contributed by atoms with Gasteiger partial charge in [0.2, 0.25) is 0 Å². The maximum atomic E-state index is 12.8. The van der Waals surface area contributed by atoms with E-state index in [2.05, 4.69) is 10.1 Å². The molecule has 3 heterocycles. The normalized spacial score (nSPS) is 22.0. The average Bonchev–Trinajstić information content (AvgIpc) is 3.14. The van der Waals surface area contributed by atoms with E-state index >= 15 is 0 Å². The van der Waals surface area contributed by atoms with Gasteiger partial charge in [-0.15, -0.1) is 0 Å². The Morgan fingerprint density at radius 1 is 1.50 bits per heavy atom. The van der Waals surface area contributed by atoms with Crippen molar-refractivity contribution in [1.82, 2.24) is 19.7 Å². The third-order valence-electron chi connectivity index (χ3n) is 3.81. The molecule has 2 N–H and O–H groups in total. The van der Waals surface area contributed by atoms with Gasteiger partial charge in [0.05, 0.1) is 30.6 Å². The third-order valence-corrected chi connectivity index (χ3v) is 3.81. The molecule has 0 bridgehead atoms. The van der Waals surface area contributed by atoms with Crippen LogP contribution in [-0.2, 0) is 11.8 Å². The molecule has 1 aliphatic rings. The van der Waals surface area contributed by atoms with E-state index in [0.717, 1.165) is 11.1 Å². The molecule has 118 valence electrons. The Labute approximate surface area is 128 Å². The molecule has 1 saturated heterocycles. The minimum atomic E-state index is -0.325. The number of hydrogen-bond acceptors (Lipinski definition) is 4. The maximum Gasteiger partial charge on any atom is 0.256 e. The van der Waals surface area contributed by atoms with Crippen molar-refractivity contribution >= 4 is 5.91 Å². The van der Waals surface area contributed by atoms with Crippen LogP contribution >= 0.6 is 0 Å². The molecule has 2 atom stereocenters. The fourth-order valence-electron chi connectivity index (χ4n) is 2.82. The Morgan fingerprint density at radius 3 is 3.00 bits per heavy atom. The van der Waals surface area contributed by atoms with E-state index in [9.17, 15) is 9.90 Å². The summed E-state index contributed by atoms with van der Waals surface area (Å²) in [4.78, 5) is 17.5. The number of rotatable bonds is 3. The van der Waals surface area contributed by atoms with Crippen molar-refractivity contribution < 1.29 is 14.6 Å². The molecule has 1 fully saturated rings. The number of hydrogen-bond donors (Lipinski definition) is 2. The van der Waals surface area contributed by atoms with Gasteiger partial charge in [-0.3, -0.25) is 9.48 Å². The van der Waals surface area contributed by atoms with Gasteiger partial charge in [0.1, 0.15) is 0 Å². The van der Waals surface area contributed by atoms with Crippen LogP contribution in [0.2, 0.25) is 0 Å². The Morgan fingerprint density at radius 2 is 2.32 bits per heavy atom. The summed E-state index contributed by atoms with van der Waals surface area (Å²) < 4.78 is 7.29. The van der Waals surface area contributed by atoms with Gasteiger partial charge in [-0.1, -0.05) is 0 Å². The molecule has 22 heavy (non-hydrogen) atoms. The van der Waals surface area contributed by atoms with E-state index in [1.165, 1.54) is 0 Å². The minimum Gasteiger partial charge on any atom is -0.394 e. The number of nitrogens with one attached hydrogen (secondary N) is 1. The lowest BCUT2D eigenvalue weighted by Crippen LogP contribution is -2.50. The summed E-state index contributed by atoms with van der Waals surface area (Å²) in [7, 11) is 1.84. The molecular weight excluding hydrogens is 284 g/mol. The average molecular weight is 304 g/mol. The van der Waals surface area contributed by atoms with E-state index in [4.69, 9.17) is 4.74 Å². The zero-order valence-electron chi connectivity index (χ0n) is 12.7. The highest BCUT2D eigenvalue weighted by molar-refractivity contribution is 6.00. The number of carbonyl (C=O) groups excluding carboxylic acids is 1. The standard InChI is InChI=1S/C15H20N4O3/c1-10-6-19(8-12(9-20)22-10)15(21)14-5-16-4-13(14)11-3-17-18(2)7-11/h3-5,7,10,12,16,20H,6,8-9H2,1-2H3. The summed E-state index contributed by atoms with van der Waals surface area (Å²) in [6.45, 7) is 2.74. The zero-order chi connectivity index (χ0) is 15.7. The Balaban J connectivity index is 1.85. The lowest BCUT2D eigenvalue weighted by atomic mass is 10.1. The lowest BCUT2D eigenvalue weighted by molar-refractivity contribution is -0.0858. The van der Waals surface area contributed by atoms with Crippen molar-refractivity contribution in [2.75, 3.05) is 19.7 Å². The first kappa shape index (κ1) is 14.8. The predicted molar refractivity (Wildman–Crippen MR) is 80.3 cm³/mol. The van der Waals surface area contributed by atoms with E-state index in [0.29, 0.717) is 18.7 Å². The predicted octanol–water partition coefficient (Wildman–Crippen LogP) is 0.637. The van der Waals surface area contributed by atoms with Crippen LogP contribution in [-0.4, -0.2) is 62.6 Å². The lowest BCUT2D eigenvalue weighted by Gasteiger charge is -2.36. The van der Waals surface area contributed by atoms with Crippen molar-refractivity contribution in [2.24, 2.45) is 7.05 Å². The summed E-state index contributed by atoms with van der Waals surface area (Å²) in [5, 5.41) is 13.4. The van der Waals surface area contributed by atoms with Crippen LogP contribution < -0.4 is 0 Å². The Kier molecular flexibility index (Phi) is 4.00. The molecule has 0 radical (unpaired) electrons. The smallest absolute Gasteiger partial charge is 0.256 e. The second-order valence-electron chi connectivity index (χ2n) is 5.65. The molecule has 1 aliphatic heterocycles. The number of nitrogens with zero attached hydrogens (tertiary/aromatic N) is 3. The number of aliphatic hydroxyl groups excluding tert-OH is 1. The number of ether oxygens (including phenoxy) is 1. The summed E-state index contributed by atoms with van der Waals surface area (Å²) in [6, 6.07) is 0. The highest BCUT2D eigenvalue weighted by Crippen LogP contribution is 2.25. The van der Waals surface area contributed by atoms with Gasteiger partial charge in [0.25, 0.3) is 5.91 Å². The molecule has 0 aromatic carbocycles. The molecule has 2 aromatic rings. The molecule has 0 saturated carbocycles. The molecule has 7 heteroatoms. The van der Waals surface area contributed by atoms with E-state index in [1.54, 1.807) is 28.2 Å². The number of morpholine rings is 1. The summed E-state index contributed by atoms with van der Waals surface area (Å²) >= 11 is 0. The van der Waals surface area contributed by atoms with Crippen LogP contribution in [0.4, 0.5) is 0 Å². The van der Waals surface area contributed by atoms with Crippen LogP contribution in [0, 0.1) is 0 Å². The van der Waals surface area contributed by atoms with Crippen LogP contribution in [0.1, 0.15) is 17.3 Å². The fraction of sp³-hybridized carbons (Fsp3) is 0.467. The quantitative estimate of drug-likeness (QED) is 0.871. The monoisotopic (exact) mass is 304 g/mol. The molecule has 1 amide bonds. The highest BCUT2D eigenvalue weighted by Gasteiger charge is 2.30. The van der Waals surface area contributed by atoms with Crippen molar-refractivity contribution in [1.29, 1.82) is 0 Å². The van der Waals surface area contributed by atoms with Crippen LogP contribution in [0.25, 0.3) is 11.1 Å². The number of aromatic nitrogens is 3. The van der Waals surface area contributed by atoms with E-state index in [-0.39, 0.29) is 24.7 Å². The maximum absolute atomic E-state index is 12.8. The number of H-pyrrole nitrogens is 1. The van der Waals surface area contributed by atoms with Crippen molar-refractivity contribution in [3.05, 3.63) is 30.4 Å². The summed E-state index contributed by atoms with van der Waals surface area (Å²) in [5.74, 6) is -0.0614. The molecule has 2 aromatic heterocycles. The molecule has 0 spiro atoms. The third kappa shape index (κ3) is 2.77. The Bertz CT molecular complexity index is 663. The first-order valence-electron chi connectivity index (χ1n) is 7.30. The van der Waals surface area contributed by atoms with Gasteiger partial charge in [-0.25, -0.2) is 0 Å². The van der Waals surface area contributed by atoms with Crippen molar-refractivity contribution in [2.45, 2.75) is 19.1 Å². The SMILES string of the molecule is CC1CN(C(=O)c2c[nH]cc2-c2cnn(C)c2)CC(CO)O1. The minimum absolute atomic E-state index is 0.0614. The van der Waals surface area contributed by atoms with Crippen molar-refractivity contribution in [3.8, 4) is 11.1 Å². The van der Waals surface area contributed by atoms with Gasteiger partial charge in [-0.2, -0.15) is 5.10 Å². The van der Waals surface area contributed by atoms with E-state index < -0.39 is 0 Å². The van der Waals surface area contributed by atoms with Gasteiger partial charge in [-0.05, 0) is 6.92 Å². The second kappa shape index (κ2) is 5.94. The largest absolute Gasteiger partial charge is 0.394 e. The van der Waals surface area contributed by atoms with E-state index in [1.807, 2.05) is 20.2 Å². The van der Waals surface area contributed by atoms with Gasteiger partial charge < -0.3 is 19.7 Å². The number of amides is 1. The van der Waals surface area contributed by atoms with Crippen molar-refractivity contribution in [3.63, 3.8) is 0 Å². The van der Waals surface area contributed by atoms with Gasteiger partial charge >= 0.3 is 0 Å². The summed E-state index contributed by atoms with van der Waals surface area (Å²) in [5.41, 5.74) is 2.34. The molecule has 3 rings (SSSR count). The molecule has 2 unspecified atom stereocenters. The number of aliphatic hydroxyl groups is 1. The first-order chi connectivity index (χ1) is 10.6. The number of carbonyl (C=O) groups is 1. The number of aryl methyl sites for hydroxylation is 1. The molecule has 7 nitrogen and oxygen atoms in total.